The summed E-state index contributed by atoms with van der Waals surface area (Å²) in [5.41, 5.74) is 3.12. The molecule has 3 aromatic rings. The summed E-state index contributed by atoms with van der Waals surface area (Å²) in [5.74, 6) is 0.329. The van der Waals surface area contributed by atoms with Crippen LogP contribution >= 0.6 is 0 Å². The molecule has 2 heterocycles. The molecule has 1 aliphatic rings. The Kier molecular flexibility index (Phi) is 5.20. The Morgan fingerprint density at radius 3 is 2.66 bits per heavy atom. The van der Waals surface area contributed by atoms with Crippen LogP contribution in [0.1, 0.15) is 45.7 Å². The number of aromatic amines is 1. The van der Waals surface area contributed by atoms with Gasteiger partial charge in [0.15, 0.2) is 5.69 Å². The van der Waals surface area contributed by atoms with Crippen molar-refractivity contribution in [2.45, 2.75) is 26.2 Å². The lowest BCUT2D eigenvalue weighted by Crippen LogP contribution is -2.36. The summed E-state index contributed by atoms with van der Waals surface area (Å²) in [4.78, 5) is 27.6. The molecule has 2 amide bonds. The number of anilines is 1. The van der Waals surface area contributed by atoms with E-state index in [2.05, 4.69) is 15.5 Å². The molecule has 0 atom stereocenters. The van der Waals surface area contributed by atoms with Gasteiger partial charge in [0, 0.05) is 29.7 Å². The number of aryl methyl sites for hydroxylation is 1. The van der Waals surface area contributed by atoms with Crippen LogP contribution in [0.2, 0.25) is 0 Å². The number of hydrogen-bond donors (Lipinski definition) is 2. The van der Waals surface area contributed by atoms with Gasteiger partial charge < -0.3 is 15.0 Å². The van der Waals surface area contributed by atoms with Gasteiger partial charge in [-0.05, 0) is 62.1 Å². The molecule has 0 saturated carbocycles. The Hall–Kier alpha value is -3.35. The number of fused-ring (bicyclic) bond motifs is 1. The number of benzene rings is 2. The quantitative estimate of drug-likeness (QED) is 0.708. The van der Waals surface area contributed by atoms with Crippen LogP contribution in [-0.4, -0.2) is 47.1 Å². The lowest BCUT2D eigenvalue weighted by atomic mass is 10.0. The topological polar surface area (TPSA) is 87.3 Å². The van der Waals surface area contributed by atoms with E-state index < -0.39 is 0 Å². The second-order valence-corrected chi connectivity index (χ2v) is 7.32. The van der Waals surface area contributed by atoms with E-state index in [1.165, 1.54) is 6.42 Å². The largest absolute Gasteiger partial charge is 0.497 e. The fourth-order valence-electron chi connectivity index (χ4n) is 3.68. The number of ether oxygens (including phenoxy) is 1. The molecule has 0 unspecified atom stereocenters. The SMILES string of the molecule is COc1ccc2[nH]nc(C(=O)Nc3ccc(C)c(C(=O)N4CCCCC4)c3)c2c1. The third-order valence-corrected chi connectivity index (χ3v) is 5.35. The summed E-state index contributed by atoms with van der Waals surface area (Å²) >= 11 is 0. The first-order chi connectivity index (χ1) is 14.1. The molecule has 7 nitrogen and oxygen atoms in total. The van der Waals surface area contributed by atoms with Crippen LogP contribution in [0.3, 0.4) is 0 Å². The minimum Gasteiger partial charge on any atom is -0.497 e. The van der Waals surface area contributed by atoms with Gasteiger partial charge in [-0.1, -0.05) is 6.07 Å². The summed E-state index contributed by atoms with van der Waals surface area (Å²) in [6.45, 7) is 3.49. The molecular formula is C22H24N4O3. The van der Waals surface area contributed by atoms with Gasteiger partial charge in [-0.2, -0.15) is 5.10 Å². The van der Waals surface area contributed by atoms with Gasteiger partial charge >= 0.3 is 0 Å². The van der Waals surface area contributed by atoms with Crippen molar-refractivity contribution in [3.05, 3.63) is 53.2 Å². The van der Waals surface area contributed by atoms with Crippen LogP contribution in [0.4, 0.5) is 5.69 Å². The Balaban J connectivity index is 1.58. The fraction of sp³-hybridized carbons (Fsp3) is 0.318. The molecule has 0 bridgehead atoms. The van der Waals surface area contributed by atoms with E-state index in [9.17, 15) is 9.59 Å². The second kappa shape index (κ2) is 7.95. The molecule has 1 aromatic heterocycles. The molecule has 1 fully saturated rings. The van der Waals surface area contributed by atoms with Crippen molar-refractivity contribution in [3.8, 4) is 5.75 Å². The van der Waals surface area contributed by atoms with E-state index in [4.69, 9.17) is 4.74 Å². The second-order valence-electron chi connectivity index (χ2n) is 7.32. The van der Waals surface area contributed by atoms with Crippen LogP contribution in [0.5, 0.6) is 5.75 Å². The first-order valence-electron chi connectivity index (χ1n) is 9.80. The van der Waals surface area contributed by atoms with E-state index in [1.54, 1.807) is 31.4 Å². The molecule has 150 valence electrons. The van der Waals surface area contributed by atoms with E-state index in [0.717, 1.165) is 37.0 Å². The highest BCUT2D eigenvalue weighted by Gasteiger charge is 2.21. The number of methoxy groups -OCH3 is 1. The maximum absolute atomic E-state index is 12.9. The Morgan fingerprint density at radius 1 is 1.10 bits per heavy atom. The van der Waals surface area contributed by atoms with Crippen molar-refractivity contribution in [1.82, 2.24) is 15.1 Å². The number of carbonyl (C=O) groups excluding carboxylic acids is 2. The van der Waals surface area contributed by atoms with Gasteiger partial charge in [0.05, 0.1) is 12.6 Å². The van der Waals surface area contributed by atoms with Crippen LogP contribution in [0.15, 0.2) is 36.4 Å². The van der Waals surface area contributed by atoms with Crippen molar-refractivity contribution in [1.29, 1.82) is 0 Å². The van der Waals surface area contributed by atoms with Crippen LogP contribution in [0.25, 0.3) is 10.9 Å². The summed E-state index contributed by atoms with van der Waals surface area (Å²) in [7, 11) is 1.58. The number of likely N-dealkylation sites (tertiary alicyclic amines) is 1. The third kappa shape index (κ3) is 3.81. The zero-order valence-corrected chi connectivity index (χ0v) is 16.6. The molecule has 1 saturated heterocycles. The Bertz CT molecular complexity index is 1070. The summed E-state index contributed by atoms with van der Waals surface area (Å²) < 4.78 is 5.24. The average Bonchev–Trinajstić information content (AvgIpc) is 3.18. The van der Waals surface area contributed by atoms with Gasteiger partial charge in [-0.25, -0.2) is 0 Å². The van der Waals surface area contributed by atoms with E-state index in [1.807, 2.05) is 24.0 Å². The standard InChI is InChI=1S/C22H24N4O3/c1-14-6-7-15(12-17(14)22(28)26-10-4-3-5-11-26)23-21(27)20-18-13-16(29-2)8-9-19(18)24-25-20/h6-9,12-13H,3-5,10-11H2,1-2H3,(H,23,27)(H,24,25). The minimum absolute atomic E-state index is 0.0215. The van der Waals surface area contributed by atoms with Crippen LogP contribution in [-0.2, 0) is 0 Å². The number of amides is 2. The molecule has 2 N–H and O–H groups in total. The van der Waals surface area contributed by atoms with E-state index in [-0.39, 0.29) is 17.5 Å². The first-order valence-corrected chi connectivity index (χ1v) is 9.80. The number of nitrogens with zero attached hydrogens (tertiary/aromatic N) is 2. The monoisotopic (exact) mass is 392 g/mol. The maximum Gasteiger partial charge on any atom is 0.276 e. The van der Waals surface area contributed by atoms with Gasteiger partial charge in [-0.3, -0.25) is 14.7 Å². The van der Waals surface area contributed by atoms with E-state index in [0.29, 0.717) is 22.4 Å². The van der Waals surface area contributed by atoms with Crippen molar-refractivity contribution in [3.63, 3.8) is 0 Å². The zero-order chi connectivity index (χ0) is 20.4. The number of carbonyl (C=O) groups is 2. The smallest absolute Gasteiger partial charge is 0.276 e. The average molecular weight is 392 g/mol. The Morgan fingerprint density at radius 2 is 1.90 bits per heavy atom. The molecule has 0 aliphatic carbocycles. The normalized spacial score (nSPS) is 14.1. The van der Waals surface area contributed by atoms with Crippen molar-refractivity contribution in [2.24, 2.45) is 0 Å². The van der Waals surface area contributed by atoms with Crippen LogP contribution in [0, 0.1) is 6.92 Å². The highest BCUT2D eigenvalue weighted by Crippen LogP contribution is 2.24. The summed E-state index contributed by atoms with van der Waals surface area (Å²) in [6, 6.07) is 10.8. The van der Waals surface area contributed by atoms with Gasteiger partial charge in [0.1, 0.15) is 5.75 Å². The maximum atomic E-state index is 12.9. The van der Waals surface area contributed by atoms with Gasteiger partial charge in [0.25, 0.3) is 11.8 Å². The highest BCUT2D eigenvalue weighted by atomic mass is 16.5. The minimum atomic E-state index is -0.343. The lowest BCUT2D eigenvalue weighted by Gasteiger charge is -2.27. The molecule has 4 rings (SSSR count). The third-order valence-electron chi connectivity index (χ3n) is 5.35. The van der Waals surface area contributed by atoms with Crippen molar-refractivity contribution < 1.29 is 14.3 Å². The number of hydrogen-bond acceptors (Lipinski definition) is 4. The summed E-state index contributed by atoms with van der Waals surface area (Å²) in [6.07, 6.45) is 3.25. The summed E-state index contributed by atoms with van der Waals surface area (Å²) in [5, 5.41) is 10.6. The number of piperidine rings is 1. The number of nitrogens with one attached hydrogen (secondary N) is 2. The van der Waals surface area contributed by atoms with Crippen LogP contribution < -0.4 is 10.1 Å². The lowest BCUT2D eigenvalue weighted by molar-refractivity contribution is 0.0723. The molecule has 0 spiro atoms. The van der Waals surface area contributed by atoms with Crippen molar-refractivity contribution in [2.75, 3.05) is 25.5 Å². The molecule has 29 heavy (non-hydrogen) atoms. The van der Waals surface area contributed by atoms with Gasteiger partial charge in [0.2, 0.25) is 0 Å². The number of rotatable bonds is 4. The molecule has 7 heteroatoms. The molecule has 0 radical (unpaired) electrons. The fourth-order valence-corrected chi connectivity index (χ4v) is 3.68. The predicted molar refractivity (Wildman–Crippen MR) is 112 cm³/mol. The molecule has 2 aromatic carbocycles. The van der Waals surface area contributed by atoms with Crippen molar-refractivity contribution >= 4 is 28.4 Å². The first kappa shape index (κ1) is 19.0. The number of aromatic nitrogens is 2. The molecule has 1 aliphatic heterocycles. The van der Waals surface area contributed by atoms with E-state index >= 15 is 0 Å². The predicted octanol–water partition coefficient (Wildman–Crippen LogP) is 3.76. The number of H-pyrrole nitrogens is 1. The zero-order valence-electron chi connectivity index (χ0n) is 16.6. The molecular weight excluding hydrogens is 368 g/mol. The highest BCUT2D eigenvalue weighted by molar-refractivity contribution is 6.11. The van der Waals surface area contributed by atoms with Gasteiger partial charge in [-0.15, -0.1) is 0 Å². The Labute approximate surface area is 169 Å².